The number of hydrogen-bond donors (Lipinski definition) is 1. The Morgan fingerprint density at radius 1 is 1.06 bits per heavy atom. The average Bonchev–Trinajstić information content (AvgIpc) is 2.14. The minimum Gasteiger partial charge on any atom is -0.381 e. The van der Waals surface area contributed by atoms with Crippen LogP contribution < -0.4 is 0 Å². The number of halogens is 4. The standard InChI is InChI=1S/C13H16ClF3O/c1-11(2,8-12(3,18)13(15,16)17)9-4-6-10(14)7-5-9/h4-7,18H,8H2,1-3H3. The monoisotopic (exact) mass is 280 g/mol. The smallest absolute Gasteiger partial charge is 0.381 e. The second-order valence-electron chi connectivity index (χ2n) is 5.34. The Labute approximate surface area is 110 Å². The van der Waals surface area contributed by atoms with E-state index in [1.54, 1.807) is 38.1 Å². The Balaban J connectivity index is 2.98. The first-order chi connectivity index (χ1) is 7.96. The van der Waals surface area contributed by atoms with Gasteiger partial charge in [0.1, 0.15) is 0 Å². The van der Waals surface area contributed by atoms with Crippen molar-refractivity contribution in [3.8, 4) is 0 Å². The lowest BCUT2D eigenvalue weighted by atomic mass is 9.75. The Bertz CT molecular complexity index is 407. The van der Waals surface area contributed by atoms with Crippen molar-refractivity contribution in [2.45, 2.75) is 44.4 Å². The van der Waals surface area contributed by atoms with Gasteiger partial charge >= 0.3 is 6.18 Å². The zero-order valence-corrected chi connectivity index (χ0v) is 11.2. The summed E-state index contributed by atoms with van der Waals surface area (Å²) < 4.78 is 38.0. The van der Waals surface area contributed by atoms with Crippen molar-refractivity contribution in [1.29, 1.82) is 0 Å². The minimum atomic E-state index is -4.64. The molecule has 1 rings (SSSR count). The number of alkyl halides is 3. The van der Waals surface area contributed by atoms with Gasteiger partial charge in [-0.15, -0.1) is 0 Å². The van der Waals surface area contributed by atoms with Gasteiger partial charge in [0.25, 0.3) is 0 Å². The first kappa shape index (κ1) is 15.3. The predicted molar refractivity (Wildman–Crippen MR) is 65.8 cm³/mol. The van der Waals surface area contributed by atoms with E-state index in [0.29, 0.717) is 10.6 Å². The van der Waals surface area contributed by atoms with E-state index in [1.165, 1.54) is 0 Å². The third kappa shape index (κ3) is 3.39. The largest absolute Gasteiger partial charge is 0.416 e. The van der Waals surface area contributed by atoms with Crippen molar-refractivity contribution in [2.24, 2.45) is 0 Å². The van der Waals surface area contributed by atoms with Crippen molar-refractivity contribution in [3.05, 3.63) is 34.9 Å². The highest BCUT2D eigenvalue weighted by Crippen LogP contribution is 2.40. The summed E-state index contributed by atoms with van der Waals surface area (Å²) in [5.74, 6) is 0. The number of benzene rings is 1. The van der Waals surface area contributed by atoms with Crippen LogP contribution in [0, 0.1) is 0 Å². The van der Waals surface area contributed by atoms with E-state index in [2.05, 4.69) is 0 Å². The molecule has 0 amide bonds. The zero-order valence-electron chi connectivity index (χ0n) is 10.5. The fourth-order valence-electron chi connectivity index (χ4n) is 1.96. The molecule has 0 saturated carbocycles. The molecule has 0 radical (unpaired) electrons. The molecule has 0 aliphatic rings. The Kier molecular flexibility index (Phi) is 4.03. The van der Waals surface area contributed by atoms with Crippen LogP contribution in [0.2, 0.25) is 5.02 Å². The molecular formula is C13H16ClF3O. The molecule has 1 aromatic carbocycles. The maximum Gasteiger partial charge on any atom is 0.416 e. The molecule has 0 bridgehead atoms. The Hall–Kier alpha value is -0.740. The predicted octanol–water partition coefficient (Wildman–Crippen LogP) is 4.32. The second kappa shape index (κ2) is 4.74. The molecule has 18 heavy (non-hydrogen) atoms. The molecule has 0 spiro atoms. The minimum absolute atomic E-state index is 0.412. The maximum absolute atomic E-state index is 12.7. The first-order valence-corrected chi connectivity index (χ1v) is 5.89. The maximum atomic E-state index is 12.7. The highest BCUT2D eigenvalue weighted by atomic mass is 35.5. The third-order valence-electron chi connectivity index (χ3n) is 3.02. The average molecular weight is 281 g/mol. The summed E-state index contributed by atoms with van der Waals surface area (Å²) in [6.07, 6.45) is -5.05. The molecule has 0 aromatic heterocycles. The molecule has 1 nitrogen and oxygen atoms in total. The zero-order chi connectivity index (χ0) is 14.2. The molecule has 5 heteroatoms. The highest BCUT2D eigenvalue weighted by Gasteiger charge is 2.52. The number of aliphatic hydroxyl groups is 1. The Morgan fingerprint density at radius 3 is 1.89 bits per heavy atom. The van der Waals surface area contributed by atoms with E-state index >= 15 is 0 Å². The SMILES string of the molecule is CC(C)(CC(C)(O)C(F)(F)F)c1ccc(Cl)cc1. The van der Waals surface area contributed by atoms with Crippen molar-refractivity contribution >= 4 is 11.6 Å². The summed E-state index contributed by atoms with van der Waals surface area (Å²) in [7, 11) is 0. The fourth-order valence-corrected chi connectivity index (χ4v) is 2.09. The lowest BCUT2D eigenvalue weighted by Gasteiger charge is -2.35. The van der Waals surface area contributed by atoms with E-state index in [4.69, 9.17) is 11.6 Å². The van der Waals surface area contributed by atoms with Gasteiger partial charge in [0.15, 0.2) is 5.60 Å². The summed E-state index contributed by atoms with van der Waals surface area (Å²) in [5.41, 5.74) is -2.81. The van der Waals surface area contributed by atoms with Gasteiger partial charge in [0.05, 0.1) is 0 Å². The van der Waals surface area contributed by atoms with Gasteiger partial charge in [-0.1, -0.05) is 37.6 Å². The second-order valence-corrected chi connectivity index (χ2v) is 5.78. The van der Waals surface area contributed by atoms with E-state index in [9.17, 15) is 18.3 Å². The molecule has 0 aliphatic carbocycles. The molecule has 1 unspecified atom stereocenters. The highest BCUT2D eigenvalue weighted by molar-refractivity contribution is 6.30. The molecule has 0 heterocycles. The quantitative estimate of drug-likeness (QED) is 0.874. The lowest BCUT2D eigenvalue weighted by molar-refractivity contribution is -0.259. The van der Waals surface area contributed by atoms with Crippen LogP contribution >= 0.6 is 11.6 Å². The van der Waals surface area contributed by atoms with Crippen LogP contribution in [0.5, 0.6) is 0 Å². The molecule has 0 saturated heterocycles. The molecule has 0 fully saturated rings. The van der Waals surface area contributed by atoms with Gasteiger partial charge in [-0.05, 0) is 36.5 Å². The van der Waals surface area contributed by atoms with Crippen LogP contribution in [-0.2, 0) is 5.41 Å². The van der Waals surface area contributed by atoms with Crippen LogP contribution in [0.3, 0.4) is 0 Å². The van der Waals surface area contributed by atoms with Gasteiger partial charge in [0.2, 0.25) is 0 Å². The van der Waals surface area contributed by atoms with Crippen molar-refractivity contribution in [3.63, 3.8) is 0 Å². The number of rotatable bonds is 3. The first-order valence-electron chi connectivity index (χ1n) is 5.51. The van der Waals surface area contributed by atoms with E-state index < -0.39 is 23.6 Å². The van der Waals surface area contributed by atoms with Crippen molar-refractivity contribution in [2.75, 3.05) is 0 Å². The summed E-state index contributed by atoms with van der Waals surface area (Å²) in [5, 5.41) is 10.1. The van der Waals surface area contributed by atoms with E-state index in [0.717, 1.165) is 6.92 Å². The molecule has 1 atom stereocenters. The molecule has 1 aromatic rings. The summed E-state index contributed by atoms with van der Waals surface area (Å²) in [6.45, 7) is 4.12. The normalized spacial score (nSPS) is 16.4. The molecular weight excluding hydrogens is 265 g/mol. The van der Waals surface area contributed by atoms with Crippen molar-refractivity contribution in [1.82, 2.24) is 0 Å². The lowest BCUT2D eigenvalue weighted by Crippen LogP contribution is -2.46. The molecule has 1 N–H and O–H groups in total. The van der Waals surface area contributed by atoms with E-state index in [-0.39, 0.29) is 0 Å². The van der Waals surface area contributed by atoms with Crippen LogP contribution in [-0.4, -0.2) is 16.9 Å². The van der Waals surface area contributed by atoms with Crippen LogP contribution in [0.4, 0.5) is 13.2 Å². The van der Waals surface area contributed by atoms with Gasteiger partial charge in [-0.3, -0.25) is 0 Å². The number of hydrogen-bond acceptors (Lipinski definition) is 1. The summed E-state index contributed by atoms with van der Waals surface area (Å²) in [6, 6.07) is 6.60. The van der Waals surface area contributed by atoms with Crippen LogP contribution in [0.15, 0.2) is 24.3 Å². The third-order valence-corrected chi connectivity index (χ3v) is 3.27. The van der Waals surface area contributed by atoms with Gasteiger partial charge in [-0.2, -0.15) is 13.2 Å². The van der Waals surface area contributed by atoms with Crippen LogP contribution in [0.1, 0.15) is 32.8 Å². The molecule has 102 valence electrons. The summed E-state index contributed by atoms with van der Waals surface area (Å²) >= 11 is 5.74. The van der Waals surface area contributed by atoms with Crippen LogP contribution in [0.25, 0.3) is 0 Å². The van der Waals surface area contributed by atoms with E-state index in [1.807, 2.05) is 0 Å². The van der Waals surface area contributed by atoms with Gasteiger partial charge < -0.3 is 5.11 Å². The van der Waals surface area contributed by atoms with Gasteiger partial charge in [-0.25, -0.2) is 0 Å². The Morgan fingerprint density at radius 2 is 1.50 bits per heavy atom. The van der Waals surface area contributed by atoms with Crippen molar-refractivity contribution < 1.29 is 18.3 Å². The van der Waals surface area contributed by atoms with Gasteiger partial charge in [0, 0.05) is 5.02 Å². The summed E-state index contributed by atoms with van der Waals surface area (Å²) in [4.78, 5) is 0. The fraction of sp³-hybridized carbons (Fsp3) is 0.538. The topological polar surface area (TPSA) is 20.2 Å². The molecule has 0 aliphatic heterocycles.